The topological polar surface area (TPSA) is 73.1 Å². The van der Waals surface area contributed by atoms with Crippen molar-refractivity contribution in [3.05, 3.63) is 90.0 Å². The maximum Gasteiger partial charge on any atom is 0.137 e. The number of nitrogens with zero attached hydrogens (tertiary/aromatic N) is 2. The molecule has 3 N–H and O–H groups in total. The van der Waals surface area contributed by atoms with Crippen LogP contribution >= 0.6 is 0 Å². The van der Waals surface area contributed by atoms with E-state index in [1.54, 1.807) is 18.5 Å². The molecule has 146 valence electrons. The number of aromatic nitrogens is 2. The minimum Gasteiger partial charge on any atom is -0.489 e. The van der Waals surface area contributed by atoms with E-state index in [-0.39, 0.29) is 5.82 Å². The summed E-state index contributed by atoms with van der Waals surface area (Å²) in [6.07, 6.45) is 2.35. The van der Waals surface area contributed by atoms with Crippen molar-refractivity contribution in [1.82, 2.24) is 9.97 Å². The van der Waals surface area contributed by atoms with Crippen LogP contribution in [0.2, 0.25) is 0 Å². The fourth-order valence-electron chi connectivity index (χ4n) is 3.08. The van der Waals surface area contributed by atoms with Crippen LogP contribution in [0.3, 0.4) is 0 Å². The van der Waals surface area contributed by atoms with Crippen molar-refractivity contribution >= 4 is 22.4 Å². The van der Waals surface area contributed by atoms with Gasteiger partial charge in [0.25, 0.3) is 0 Å². The second-order valence-electron chi connectivity index (χ2n) is 6.74. The van der Waals surface area contributed by atoms with Crippen LogP contribution in [0.5, 0.6) is 5.75 Å². The molecule has 0 unspecified atom stereocenters. The molecule has 0 radical (unpaired) electrons. The van der Waals surface area contributed by atoms with Gasteiger partial charge in [-0.3, -0.25) is 0 Å². The lowest BCUT2D eigenvalue weighted by molar-refractivity contribution is 0.306. The van der Waals surface area contributed by atoms with Crippen molar-refractivity contribution in [3.8, 4) is 5.75 Å². The summed E-state index contributed by atoms with van der Waals surface area (Å²) in [5.41, 5.74) is 9.50. The lowest BCUT2D eigenvalue weighted by Gasteiger charge is -2.10. The van der Waals surface area contributed by atoms with Gasteiger partial charge in [0.15, 0.2) is 0 Å². The zero-order chi connectivity index (χ0) is 20.1. The number of fused-ring (bicyclic) bond motifs is 1. The Kier molecular flexibility index (Phi) is 5.52. The summed E-state index contributed by atoms with van der Waals surface area (Å²) in [6, 6.07) is 19.9. The van der Waals surface area contributed by atoms with Gasteiger partial charge in [-0.15, -0.1) is 0 Å². The average molecular weight is 388 g/mol. The molecule has 1 heterocycles. The molecule has 4 rings (SSSR count). The van der Waals surface area contributed by atoms with Crippen LogP contribution in [-0.2, 0) is 13.0 Å². The molecule has 1 aromatic heterocycles. The fourth-order valence-corrected chi connectivity index (χ4v) is 3.08. The Bertz CT molecular complexity index is 1120. The van der Waals surface area contributed by atoms with Gasteiger partial charge < -0.3 is 15.8 Å². The Balaban J connectivity index is 1.36. The number of hydrogen-bond acceptors (Lipinski definition) is 5. The predicted octanol–water partition coefficient (Wildman–Crippen LogP) is 4.58. The number of nitrogens with two attached hydrogens (primary N) is 1. The summed E-state index contributed by atoms with van der Waals surface area (Å²) in [5, 5.41) is 4.27. The summed E-state index contributed by atoms with van der Waals surface area (Å²) < 4.78 is 18.8. The zero-order valence-corrected chi connectivity index (χ0v) is 15.8. The van der Waals surface area contributed by atoms with Crippen LogP contribution in [-0.4, -0.2) is 16.5 Å². The standard InChI is InChI=1S/C23H21FN4O/c24-18-6-4-17(5-7-18)14-29-20-3-1-2-16(12-20)10-11-26-23-21-13-19(25)8-9-22(21)27-15-28-23/h1-9,12-13,15H,10-11,14,25H2,(H,26,27,28). The van der Waals surface area contributed by atoms with Crippen LogP contribution < -0.4 is 15.8 Å². The Labute approximate surface area is 168 Å². The largest absolute Gasteiger partial charge is 0.489 e. The van der Waals surface area contributed by atoms with Crippen LogP contribution in [0.25, 0.3) is 10.9 Å². The third kappa shape index (κ3) is 4.79. The van der Waals surface area contributed by atoms with E-state index >= 15 is 0 Å². The first-order chi connectivity index (χ1) is 14.2. The smallest absolute Gasteiger partial charge is 0.137 e. The molecule has 6 heteroatoms. The number of hydrogen-bond donors (Lipinski definition) is 2. The average Bonchev–Trinajstić information content (AvgIpc) is 2.74. The number of anilines is 2. The number of halogens is 1. The molecular weight excluding hydrogens is 367 g/mol. The summed E-state index contributed by atoms with van der Waals surface area (Å²) in [7, 11) is 0. The Morgan fingerprint density at radius 1 is 0.931 bits per heavy atom. The predicted molar refractivity (Wildman–Crippen MR) is 113 cm³/mol. The third-order valence-corrected chi connectivity index (χ3v) is 4.58. The van der Waals surface area contributed by atoms with E-state index in [1.165, 1.54) is 12.1 Å². The van der Waals surface area contributed by atoms with E-state index in [9.17, 15) is 4.39 Å². The van der Waals surface area contributed by atoms with Gasteiger partial charge in [0.2, 0.25) is 0 Å². The van der Waals surface area contributed by atoms with Crippen molar-refractivity contribution in [1.29, 1.82) is 0 Å². The van der Waals surface area contributed by atoms with Gasteiger partial charge >= 0.3 is 0 Å². The molecule has 5 nitrogen and oxygen atoms in total. The first-order valence-electron chi connectivity index (χ1n) is 9.38. The van der Waals surface area contributed by atoms with Crippen molar-refractivity contribution < 1.29 is 9.13 Å². The lowest BCUT2D eigenvalue weighted by Crippen LogP contribution is -2.07. The molecule has 0 aliphatic rings. The molecule has 0 bridgehead atoms. The minimum absolute atomic E-state index is 0.248. The number of nitrogen functional groups attached to an aromatic ring is 1. The maximum atomic E-state index is 13.0. The molecule has 0 atom stereocenters. The normalized spacial score (nSPS) is 10.8. The quantitative estimate of drug-likeness (QED) is 0.453. The summed E-state index contributed by atoms with van der Waals surface area (Å²) >= 11 is 0. The number of nitrogens with one attached hydrogen (secondary N) is 1. The third-order valence-electron chi connectivity index (χ3n) is 4.58. The first-order valence-corrected chi connectivity index (χ1v) is 9.38. The van der Waals surface area contributed by atoms with Crippen LogP contribution in [0.15, 0.2) is 73.1 Å². The molecule has 0 fully saturated rings. The highest BCUT2D eigenvalue weighted by Gasteiger charge is 2.04. The fraction of sp³-hybridized carbons (Fsp3) is 0.130. The van der Waals surface area contributed by atoms with Gasteiger partial charge in [0, 0.05) is 17.6 Å². The summed E-state index contributed by atoms with van der Waals surface area (Å²) in [5.74, 6) is 1.31. The second-order valence-corrected chi connectivity index (χ2v) is 6.74. The highest BCUT2D eigenvalue weighted by Crippen LogP contribution is 2.22. The summed E-state index contributed by atoms with van der Waals surface area (Å²) in [4.78, 5) is 8.60. The Morgan fingerprint density at radius 3 is 2.66 bits per heavy atom. The van der Waals surface area contributed by atoms with Crippen molar-refractivity contribution in [2.45, 2.75) is 13.0 Å². The molecule has 3 aromatic carbocycles. The van der Waals surface area contributed by atoms with E-state index in [1.807, 2.05) is 36.4 Å². The lowest BCUT2D eigenvalue weighted by atomic mass is 10.1. The van der Waals surface area contributed by atoms with Crippen LogP contribution in [0.1, 0.15) is 11.1 Å². The molecule has 0 saturated heterocycles. The van der Waals surface area contributed by atoms with Gasteiger partial charge in [-0.05, 0) is 60.0 Å². The van der Waals surface area contributed by atoms with Crippen LogP contribution in [0.4, 0.5) is 15.9 Å². The Morgan fingerprint density at radius 2 is 1.79 bits per heavy atom. The van der Waals surface area contributed by atoms with Gasteiger partial charge in [0.1, 0.15) is 30.3 Å². The van der Waals surface area contributed by atoms with Gasteiger partial charge in [0.05, 0.1) is 5.52 Å². The highest BCUT2D eigenvalue weighted by atomic mass is 19.1. The molecular formula is C23H21FN4O. The number of benzene rings is 3. The van der Waals surface area contributed by atoms with E-state index in [4.69, 9.17) is 10.5 Å². The van der Waals surface area contributed by atoms with Gasteiger partial charge in [-0.2, -0.15) is 0 Å². The van der Waals surface area contributed by atoms with Crippen molar-refractivity contribution in [2.24, 2.45) is 0 Å². The van der Waals surface area contributed by atoms with Gasteiger partial charge in [-0.1, -0.05) is 24.3 Å². The SMILES string of the molecule is Nc1ccc2ncnc(NCCc3cccc(OCc4ccc(F)cc4)c3)c2c1. The van der Waals surface area contributed by atoms with E-state index < -0.39 is 0 Å². The molecule has 0 spiro atoms. The maximum absolute atomic E-state index is 13.0. The van der Waals surface area contributed by atoms with E-state index in [0.29, 0.717) is 18.8 Å². The molecule has 0 saturated carbocycles. The molecule has 0 amide bonds. The monoisotopic (exact) mass is 388 g/mol. The molecule has 29 heavy (non-hydrogen) atoms. The van der Waals surface area contributed by atoms with Crippen molar-refractivity contribution in [2.75, 3.05) is 17.6 Å². The molecule has 4 aromatic rings. The molecule has 0 aliphatic carbocycles. The number of ether oxygens (including phenoxy) is 1. The van der Waals surface area contributed by atoms with E-state index in [0.717, 1.165) is 40.0 Å². The zero-order valence-electron chi connectivity index (χ0n) is 15.8. The summed E-state index contributed by atoms with van der Waals surface area (Å²) in [6.45, 7) is 1.11. The highest BCUT2D eigenvalue weighted by molar-refractivity contribution is 5.91. The van der Waals surface area contributed by atoms with Gasteiger partial charge in [-0.25, -0.2) is 14.4 Å². The van der Waals surface area contributed by atoms with Crippen molar-refractivity contribution in [3.63, 3.8) is 0 Å². The van der Waals surface area contributed by atoms with Crippen LogP contribution in [0, 0.1) is 5.82 Å². The second kappa shape index (κ2) is 8.56. The van der Waals surface area contributed by atoms with E-state index in [2.05, 4.69) is 21.4 Å². The number of rotatable bonds is 7. The Hall–Kier alpha value is -3.67. The minimum atomic E-state index is -0.248. The molecule has 0 aliphatic heterocycles. The first kappa shape index (κ1) is 18.7.